The fraction of sp³-hybridized carbons (Fsp3) is 0.364. The number of hydrogen-bond donors (Lipinski definition) is 0. The lowest BCUT2D eigenvalue weighted by molar-refractivity contribution is 0.222. The van der Waals surface area contributed by atoms with Crippen LogP contribution in [0.5, 0.6) is 0 Å². The standard InChI is InChI=1S/C11H18N2O7S3/c1-5-8-21(15,16)12(4)11(14)13(22(17,18)9-6-2)23(19,20)10-7-3/h5-7H,1-3,8-10H2,4H3. The highest BCUT2D eigenvalue weighted by Gasteiger charge is 2.41. The van der Waals surface area contributed by atoms with Gasteiger partial charge in [-0.2, -0.15) is 0 Å². The van der Waals surface area contributed by atoms with Gasteiger partial charge in [0.2, 0.25) is 10.0 Å². The van der Waals surface area contributed by atoms with Crippen molar-refractivity contribution in [3.8, 4) is 0 Å². The molecule has 0 aromatic rings. The molecule has 12 heteroatoms. The minimum atomic E-state index is -4.67. The Labute approximate surface area is 136 Å². The average molecular weight is 386 g/mol. The maximum absolute atomic E-state index is 12.2. The monoisotopic (exact) mass is 386 g/mol. The number of nitrogens with zero attached hydrogens (tertiary/aromatic N) is 2. The van der Waals surface area contributed by atoms with Crippen molar-refractivity contribution in [2.75, 3.05) is 24.3 Å². The number of rotatable bonds is 9. The van der Waals surface area contributed by atoms with Crippen molar-refractivity contribution in [1.29, 1.82) is 0 Å². The molecule has 0 aliphatic carbocycles. The largest absolute Gasteiger partial charge is 0.361 e. The van der Waals surface area contributed by atoms with Crippen LogP contribution in [0.25, 0.3) is 0 Å². The van der Waals surface area contributed by atoms with E-state index in [1.807, 2.05) is 0 Å². The zero-order chi connectivity index (χ0) is 18.5. The van der Waals surface area contributed by atoms with Gasteiger partial charge < -0.3 is 0 Å². The van der Waals surface area contributed by atoms with E-state index >= 15 is 0 Å². The lowest BCUT2D eigenvalue weighted by atomic mass is 10.8. The van der Waals surface area contributed by atoms with Crippen LogP contribution < -0.4 is 0 Å². The molecule has 0 heterocycles. The van der Waals surface area contributed by atoms with Crippen molar-refractivity contribution >= 4 is 36.1 Å². The average Bonchev–Trinajstić information content (AvgIpc) is 2.36. The van der Waals surface area contributed by atoms with Gasteiger partial charge in [-0.15, -0.1) is 23.4 Å². The predicted octanol–water partition coefficient (Wildman–Crippen LogP) is -0.112. The van der Waals surface area contributed by atoms with E-state index in [-0.39, 0.29) is 4.31 Å². The van der Waals surface area contributed by atoms with Gasteiger partial charge in [-0.25, -0.2) is 34.4 Å². The molecule has 0 N–H and O–H groups in total. The second kappa shape index (κ2) is 7.75. The molecule has 0 atom stereocenters. The van der Waals surface area contributed by atoms with E-state index in [4.69, 9.17) is 0 Å². The molecule has 0 aliphatic rings. The Morgan fingerprint density at radius 2 is 1.09 bits per heavy atom. The highest BCUT2D eigenvalue weighted by atomic mass is 32.3. The Hall–Kier alpha value is -1.66. The molecule has 0 unspecified atom stereocenters. The zero-order valence-corrected chi connectivity index (χ0v) is 14.9. The molecule has 0 aromatic heterocycles. The molecule has 2 amide bonds. The maximum atomic E-state index is 12.2. The van der Waals surface area contributed by atoms with Crippen molar-refractivity contribution in [1.82, 2.24) is 8.02 Å². The van der Waals surface area contributed by atoms with Gasteiger partial charge in [-0.05, 0) is 0 Å². The van der Waals surface area contributed by atoms with Crippen LogP contribution in [0.1, 0.15) is 0 Å². The fourth-order valence-corrected chi connectivity index (χ4v) is 5.62. The topological polar surface area (TPSA) is 126 Å². The van der Waals surface area contributed by atoms with Gasteiger partial charge in [0.15, 0.2) is 0 Å². The third-order valence-electron chi connectivity index (χ3n) is 2.33. The molecule has 0 rings (SSSR count). The molecule has 23 heavy (non-hydrogen) atoms. The minimum absolute atomic E-state index is 0.0377. The third kappa shape index (κ3) is 5.18. The first kappa shape index (κ1) is 21.3. The summed E-state index contributed by atoms with van der Waals surface area (Å²) in [6.07, 6.45) is 2.72. The lowest BCUT2D eigenvalue weighted by Crippen LogP contribution is -2.51. The molecule has 0 spiro atoms. The van der Waals surface area contributed by atoms with Crippen molar-refractivity contribution < 1.29 is 30.0 Å². The molecule has 0 saturated heterocycles. The van der Waals surface area contributed by atoms with Crippen molar-refractivity contribution in [3.05, 3.63) is 38.0 Å². The molecule has 0 saturated carbocycles. The molecule has 0 bridgehead atoms. The van der Waals surface area contributed by atoms with Gasteiger partial charge in [-0.3, -0.25) is 0 Å². The van der Waals surface area contributed by atoms with Gasteiger partial charge in [0, 0.05) is 7.05 Å². The van der Waals surface area contributed by atoms with Crippen LogP contribution in [-0.2, 0) is 30.1 Å². The molecule has 0 aromatic carbocycles. The summed E-state index contributed by atoms with van der Waals surface area (Å²) in [4.78, 5) is 12.2. The summed E-state index contributed by atoms with van der Waals surface area (Å²) in [6.45, 7) is 9.52. The first-order chi connectivity index (χ1) is 10.4. The fourth-order valence-electron chi connectivity index (χ4n) is 1.34. The van der Waals surface area contributed by atoms with Crippen LogP contribution in [0, 0.1) is 0 Å². The number of amides is 2. The van der Waals surface area contributed by atoms with Crippen molar-refractivity contribution in [2.45, 2.75) is 0 Å². The summed E-state index contributed by atoms with van der Waals surface area (Å²) in [7, 11) is -12.9. The van der Waals surface area contributed by atoms with Gasteiger partial charge >= 0.3 is 6.03 Å². The summed E-state index contributed by atoms with van der Waals surface area (Å²) < 4.78 is 71.5. The third-order valence-corrected chi connectivity index (χ3v) is 7.98. The Morgan fingerprint density at radius 1 is 0.783 bits per heavy atom. The number of carbonyl (C=O) groups excluding carboxylic acids is 1. The normalized spacial score (nSPS) is 12.2. The maximum Gasteiger partial charge on any atom is 0.361 e. The number of sulfonamides is 3. The summed E-state index contributed by atoms with van der Waals surface area (Å²) in [5.74, 6) is -2.42. The smallest absolute Gasteiger partial charge is 0.245 e. The zero-order valence-electron chi connectivity index (χ0n) is 12.5. The van der Waals surface area contributed by atoms with E-state index in [1.165, 1.54) is 0 Å². The van der Waals surface area contributed by atoms with E-state index in [2.05, 4.69) is 19.7 Å². The molecular weight excluding hydrogens is 368 g/mol. The van der Waals surface area contributed by atoms with Crippen LogP contribution >= 0.6 is 0 Å². The Bertz CT molecular complexity index is 755. The molecule has 9 nitrogen and oxygen atoms in total. The van der Waals surface area contributed by atoms with E-state index in [1.54, 1.807) is 0 Å². The SMILES string of the molecule is C=CCS(=O)(=O)N(C)C(=O)N(S(=O)(=O)CC=C)S(=O)(=O)CC=C. The number of hydrogen-bond acceptors (Lipinski definition) is 7. The summed E-state index contributed by atoms with van der Waals surface area (Å²) >= 11 is 0. The van der Waals surface area contributed by atoms with Gasteiger partial charge in [0.25, 0.3) is 20.0 Å². The van der Waals surface area contributed by atoms with Crippen molar-refractivity contribution in [2.24, 2.45) is 0 Å². The summed E-state index contributed by atoms with van der Waals surface area (Å²) in [6, 6.07) is -1.74. The molecular formula is C11H18N2O7S3. The molecule has 0 radical (unpaired) electrons. The van der Waals surface area contributed by atoms with Crippen LogP contribution in [-0.4, -0.2) is 63.6 Å². The summed E-state index contributed by atoms with van der Waals surface area (Å²) in [5, 5.41) is 0. The molecule has 0 aliphatic heterocycles. The lowest BCUT2D eigenvalue weighted by Gasteiger charge is -2.25. The van der Waals surface area contributed by atoms with E-state index in [9.17, 15) is 30.0 Å². The highest BCUT2D eigenvalue weighted by molar-refractivity contribution is 8.05. The van der Waals surface area contributed by atoms with Gasteiger partial charge in [0.1, 0.15) is 0 Å². The minimum Gasteiger partial charge on any atom is -0.245 e. The van der Waals surface area contributed by atoms with Crippen LogP contribution in [0.4, 0.5) is 4.79 Å². The van der Waals surface area contributed by atoms with Crippen LogP contribution in [0.15, 0.2) is 38.0 Å². The molecule has 0 fully saturated rings. The summed E-state index contributed by atoms with van der Waals surface area (Å²) in [5.41, 5.74) is 0. The van der Waals surface area contributed by atoms with Crippen LogP contribution in [0.3, 0.4) is 0 Å². The Morgan fingerprint density at radius 3 is 1.39 bits per heavy atom. The van der Waals surface area contributed by atoms with E-state index in [0.717, 1.165) is 25.3 Å². The number of urea groups is 1. The first-order valence-electron chi connectivity index (χ1n) is 5.96. The molecule has 132 valence electrons. The predicted molar refractivity (Wildman–Crippen MR) is 86.9 cm³/mol. The van der Waals surface area contributed by atoms with Crippen molar-refractivity contribution in [3.63, 3.8) is 0 Å². The number of carbonyl (C=O) groups is 1. The van der Waals surface area contributed by atoms with E-state index < -0.39 is 57.1 Å². The van der Waals surface area contributed by atoms with Gasteiger partial charge in [0.05, 0.1) is 17.3 Å². The Kier molecular flexibility index (Phi) is 7.19. The Balaban J connectivity index is 6.19. The van der Waals surface area contributed by atoms with Crippen LogP contribution in [0.2, 0.25) is 0 Å². The van der Waals surface area contributed by atoms with E-state index in [0.29, 0.717) is 0 Å². The second-order valence-corrected chi connectivity index (χ2v) is 10.1. The quantitative estimate of drug-likeness (QED) is 0.506. The highest BCUT2D eigenvalue weighted by Crippen LogP contribution is 2.16. The van der Waals surface area contributed by atoms with Gasteiger partial charge in [-0.1, -0.05) is 18.2 Å². The second-order valence-electron chi connectivity index (χ2n) is 4.15. The first-order valence-corrected chi connectivity index (χ1v) is 10.8.